The van der Waals surface area contributed by atoms with Gasteiger partial charge in [-0.05, 0) is 31.5 Å². The number of aromatic nitrogens is 4. The Bertz CT molecular complexity index is 1030. The predicted molar refractivity (Wildman–Crippen MR) is 91.7 cm³/mol. The molecular weight excluding hydrogens is 330 g/mol. The molecule has 2 aromatic heterocycles. The highest BCUT2D eigenvalue weighted by molar-refractivity contribution is 7.15. The van der Waals surface area contributed by atoms with Crippen molar-refractivity contribution < 1.29 is 4.79 Å². The third-order valence-electron chi connectivity index (χ3n) is 3.55. The molecule has 9 heteroatoms. The van der Waals surface area contributed by atoms with Gasteiger partial charge in [-0.15, -0.1) is 10.2 Å². The van der Waals surface area contributed by atoms with E-state index in [0.29, 0.717) is 21.6 Å². The van der Waals surface area contributed by atoms with Crippen LogP contribution in [0.4, 0.5) is 5.13 Å². The number of benzene rings is 1. The number of carbonyl (C=O) groups excluding carboxylic acids is 1. The van der Waals surface area contributed by atoms with Gasteiger partial charge in [-0.1, -0.05) is 18.3 Å². The standard InChI is InChI=1S/C15H15N5O3S/c1-3-11-18-19-14(24-11)17-12(21)8-5-6-9-10(7-8)16-15(23)20(4-2)13(9)22/h5-7H,3-4H2,1-2H3,(H,16,23)(H,17,19,21). The first kappa shape index (κ1) is 16.1. The molecule has 2 N–H and O–H groups in total. The van der Waals surface area contributed by atoms with E-state index in [-0.39, 0.29) is 18.0 Å². The molecule has 0 saturated carbocycles. The summed E-state index contributed by atoms with van der Waals surface area (Å²) >= 11 is 1.30. The topological polar surface area (TPSA) is 110 Å². The minimum atomic E-state index is -0.496. The lowest BCUT2D eigenvalue weighted by atomic mass is 10.1. The molecule has 0 saturated heterocycles. The molecule has 8 nitrogen and oxygen atoms in total. The maximum atomic E-state index is 12.3. The van der Waals surface area contributed by atoms with Crippen LogP contribution in [0.25, 0.3) is 10.9 Å². The fourth-order valence-corrected chi connectivity index (χ4v) is 2.97. The monoisotopic (exact) mass is 345 g/mol. The van der Waals surface area contributed by atoms with Crippen LogP contribution in [0.3, 0.4) is 0 Å². The largest absolute Gasteiger partial charge is 0.328 e. The van der Waals surface area contributed by atoms with Crippen LogP contribution in [0.1, 0.15) is 29.2 Å². The second kappa shape index (κ2) is 6.36. The molecular formula is C15H15N5O3S. The predicted octanol–water partition coefficient (Wildman–Crippen LogP) is 1.38. The number of rotatable bonds is 4. The van der Waals surface area contributed by atoms with Gasteiger partial charge in [0.25, 0.3) is 11.5 Å². The number of aryl methyl sites for hydroxylation is 1. The highest BCUT2D eigenvalue weighted by atomic mass is 32.1. The van der Waals surface area contributed by atoms with E-state index in [0.717, 1.165) is 16.0 Å². The summed E-state index contributed by atoms with van der Waals surface area (Å²) in [4.78, 5) is 39.0. The molecule has 0 atom stereocenters. The molecule has 1 aromatic carbocycles. The van der Waals surface area contributed by atoms with Crippen LogP contribution < -0.4 is 16.6 Å². The third-order valence-corrected chi connectivity index (χ3v) is 4.53. The van der Waals surface area contributed by atoms with Crippen LogP contribution in [0.5, 0.6) is 0 Å². The number of H-pyrrole nitrogens is 1. The Morgan fingerprint density at radius 3 is 2.75 bits per heavy atom. The summed E-state index contributed by atoms with van der Waals surface area (Å²) in [5, 5.41) is 12.1. The Morgan fingerprint density at radius 2 is 2.08 bits per heavy atom. The Balaban J connectivity index is 1.97. The zero-order chi connectivity index (χ0) is 17.3. The van der Waals surface area contributed by atoms with Crippen molar-refractivity contribution in [2.24, 2.45) is 0 Å². The number of anilines is 1. The van der Waals surface area contributed by atoms with Crippen LogP contribution in [-0.2, 0) is 13.0 Å². The number of nitrogens with one attached hydrogen (secondary N) is 2. The second-order valence-corrected chi connectivity index (χ2v) is 6.11. The number of aromatic amines is 1. The minimum absolute atomic E-state index is 0.281. The SMILES string of the molecule is CCc1nnc(NC(=O)c2ccc3c(=O)n(CC)c(=O)[nH]c3c2)s1. The molecule has 0 bridgehead atoms. The highest BCUT2D eigenvalue weighted by Gasteiger charge is 2.12. The molecule has 1 amide bonds. The molecule has 0 radical (unpaired) electrons. The summed E-state index contributed by atoms with van der Waals surface area (Å²) in [5.41, 5.74) is -0.224. The van der Waals surface area contributed by atoms with E-state index >= 15 is 0 Å². The van der Waals surface area contributed by atoms with Crippen molar-refractivity contribution in [2.75, 3.05) is 5.32 Å². The molecule has 0 spiro atoms. The van der Waals surface area contributed by atoms with E-state index in [1.54, 1.807) is 13.0 Å². The molecule has 0 fully saturated rings. The summed E-state index contributed by atoms with van der Waals surface area (Å²) in [6.45, 7) is 3.95. The Labute approximate surface area is 140 Å². The van der Waals surface area contributed by atoms with Crippen molar-refractivity contribution in [2.45, 2.75) is 26.8 Å². The van der Waals surface area contributed by atoms with Gasteiger partial charge in [0, 0.05) is 12.1 Å². The molecule has 0 aliphatic heterocycles. The number of carbonyl (C=O) groups is 1. The van der Waals surface area contributed by atoms with Gasteiger partial charge in [-0.3, -0.25) is 19.5 Å². The highest BCUT2D eigenvalue weighted by Crippen LogP contribution is 2.17. The van der Waals surface area contributed by atoms with Crippen molar-refractivity contribution in [3.63, 3.8) is 0 Å². The zero-order valence-corrected chi connectivity index (χ0v) is 13.9. The molecule has 0 unspecified atom stereocenters. The lowest BCUT2D eigenvalue weighted by Crippen LogP contribution is -2.34. The van der Waals surface area contributed by atoms with Crippen LogP contribution >= 0.6 is 11.3 Å². The lowest BCUT2D eigenvalue weighted by Gasteiger charge is -2.05. The Kier molecular flexibility index (Phi) is 4.26. The van der Waals surface area contributed by atoms with Gasteiger partial charge in [-0.2, -0.15) is 0 Å². The van der Waals surface area contributed by atoms with Crippen molar-refractivity contribution in [1.82, 2.24) is 19.7 Å². The van der Waals surface area contributed by atoms with Crippen LogP contribution in [0, 0.1) is 0 Å². The van der Waals surface area contributed by atoms with E-state index < -0.39 is 5.69 Å². The summed E-state index contributed by atoms with van der Waals surface area (Å²) in [5.74, 6) is -0.378. The molecule has 0 aliphatic carbocycles. The second-order valence-electron chi connectivity index (χ2n) is 5.05. The normalized spacial score (nSPS) is 10.9. The van der Waals surface area contributed by atoms with Gasteiger partial charge in [0.2, 0.25) is 5.13 Å². The van der Waals surface area contributed by atoms with Crippen molar-refractivity contribution in [3.8, 4) is 0 Å². The first-order chi connectivity index (χ1) is 11.5. The van der Waals surface area contributed by atoms with Gasteiger partial charge in [0.05, 0.1) is 10.9 Å². The summed E-state index contributed by atoms with van der Waals surface area (Å²) < 4.78 is 1.11. The smallest absolute Gasteiger partial charge is 0.307 e. The van der Waals surface area contributed by atoms with Gasteiger partial charge in [0.15, 0.2) is 0 Å². The Hall–Kier alpha value is -2.81. The minimum Gasteiger partial charge on any atom is -0.307 e. The van der Waals surface area contributed by atoms with Gasteiger partial charge < -0.3 is 4.98 Å². The summed E-state index contributed by atoms with van der Waals surface area (Å²) in [6.07, 6.45) is 0.744. The number of hydrogen-bond donors (Lipinski definition) is 2. The average molecular weight is 345 g/mol. The fourth-order valence-electron chi connectivity index (χ4n) is 2.30. The van der Waals surface area contributed by atoms with Crippen molar-refractivity contribution in [3.05, 3.63) is 49.6 Å². The quantitative estimate of drug-likeness (QED) is 0.742. The average Bonchev–Trinajstić information content (AvgIpc) is 3.02. The van der Waals surface area contributed by atoms with E-state index in [4.69, 9.17) is 0 Å². The summed E-state index contributed by atoms with van der Waals surface area (Å²) in [6, 6.07) is 4.56. The van der Waals surface area contributed by atoms with Crippen LogP contribution in [0.15, 0.2) is 27.8 Å². The van der Waals surface area contributed by atoms with Gasteiger partial charge in [0.1, 0.15) is 5.01 Å². The maximum absolute atomic E-state index is 12.3. The first-order valence-electron chi connectivity index (χ1n) is 7.44. The van der Waals surface area contributed by atoms with E-state index in [9.17, 15) is 14.4 Å². The maximum Gasteiger partial charge on any atom is 0.328 e. The molecule has 2 heterocycles. The molecule has 3 aromatic rings. The van der Waals surface area contributed by atoms with Gasteiger partial charge in [-0.25, -0.2) is 4.79 Å². The van der Waals surface area contributed by atoms with E-state index in [1.165, 1.54) is 23.5 Å². The Morgan fingerprint density at radius 1 is 1.29 bits per heavy atom. The third kappa shape index (κ3) is 2.85. The molecule has 3 rings (SSSR count). The zero-order valence-electron chi connectivity index (χ0n) is 13.1. The fraction of sp³-hybridized carbons (Fsp3) is 0.267. The number of hydrogen-bond acceptors (Lipinski definition) is 6. The number of nitrogens with zero attached hydrogens (tertiary/aromatic N) is 3. The van der Waals surface area contributed by atoms with Gasteiger partial charge >= 0.3 is 5.69 Å². The first-order valence-corrected chi connectivity index (χ1v) is 8.25. The number of amides is 1. The molecule has 24 heavy (non-hydrogen) atoms. The lowest BCUT2D eigenvalue weighted by molar-refractivity contribution is 0.102. The molecule has 124 valence electrons. The van der Waals surface area contributed by atoms with E-state index in [1.807, 2.05) is 6.92 Å². The van der Waals surface area contributed by atoms with Crippen LogP contribution in [-0.4, -0.2) is 25.7 Å². The molecule has 0 aliphatic rings. The van der Waals surface area contributed by atoms with E-state index in [2.05, 4.69) is 20.5 Å². The van der Waals surface area contributed by atoms with Crippen molar-refractivity contribution >= 4 is 33.3 Å². The van der Waals surface area contributed by atoms with Crippen molar-refractivity contribution in [1.29, 1.82) is 0 Å². The number of fused-ring (bicyclic) bond motifs is 1. The van der Waals surface area contributed by atoms with Crippen LogP contribution in [0.2, 0.25) is 0 Å². The summed E-state index contributed by atoms with van der Waals surface area (Å²) in [7, 11) is 0.